The highest BCUT2D eigenvalue weighted by atomic mass is 35.5. The maximum absolute atomic E-state index is 12.4. The van der Waals surface area contributed by atoms with Crippen molar-refractivity contribution in [2.45, 2.75) is 11.6 Å². The molecule has 3 N–H and O–H groups in total. The van der Waals surface area contributed by atoms with Gasteiger partial charge in [0.25, 0.3) is 10.0 Å². The van der Waals surface area contributed by atoms with Gasteiger partial charge in [-0.15, -0.1) is 12.4 Å². The van der Waals surface area contributed by atoms with E-state index >= 15 is 0 Å². The number of aromatic nitrogens is 2. The second-order valence-electron chi connectivity index (χ2n) is 4.03. The third kappa shape index (κ3) is 3.80. The Bertz CT molecular complexity index is 602. The zero-order chi connectivity index (χ0) is 13.7. The molecular weight excluding hydrogens is 300 g/mol. The van der Waals surface area contributed by atoms with Crippen LogP contribution in [0.25, 0.3) is 0 Å². The molecule has 0 aliphatic rings. The van der Waals surface area contributed by atoms with Gasteiger partial charge in [0.2, 0.25) is 0 Å². The fourth-order valence-corrected chi connectivity index (χ4v) is 3.08. The van der Waals surface area contributed by atoms with Crippen LogP contribution in [-0.2, 0) is 16.6 Å². The van der Waals surface area contributed by atoms with Crippen molar-refractivity contribution in [1.82, 2.24) is 14.3 Å². The summed E-state index contributed by atoms with van der Waals surface area (Å²) in [5.41, 5.74) is 6.42. The summed E-state index contributed by atoms with van der Waals surface area (Å²) in [6.45, 7) is 0.815. The first kappa shape index (κ1) is 16.6. The van der Waals surface area contributed by atoms with Crippen molar-refractivity contribution in [2.24, 2.45) is 5.73 Å². The van der Waals surface area contributed by atoms with E-state index in [2.05, 4.69) is 9.97 Å². The van der Waals surface area contributed by atoms with E-state index < -0.39 is 10.0 Å². The average Bonchev–Trinajstić information content (AvgIpc) is 2.94. The molecule has 0 atom stereocenters. The van der Waals surface area contributed by atoms with Gasteiger partial charge in [0, 0.05) is 19.6 Å². The molecule has 0 fully saturated rings. The number of H-pyrrole nitrogens is 1. The Kier molecular flexibility index (Phi) is 6.15. The van der Waals surface area contributed by atoms with E-state index in [9.17, 15) is 8.42 Å². The number of rotatable bonds is 6. The number of sulfonamides is 1. The average molecular weight is 317 g/mol. The Hall–Kier alpha value is -1.41. The third-order valence-electron chi connectivity index (χ3n) is 2.67. The normalized spacial score (nSPS) is 11.3. The van der Waals surface area contributed by atoms with Crippen LogP contribution in [0.2, 0.25) is 0 Å². The highest BCUT2D eigenvalue weighted by Crippen LogP contribution is 2.15. The van der Waals surface area contributed by atoms with E-state index in [1.165, 1.54) is 16.8 Å². The molecule has 6 nitrogen and oxygen atoms in total. The zero-order valence-electron chi connectivity index (χ0n) is 10.8. The summed E-state index contributed by atoms with van der Waals surface area (Å²) in [5.74, 6) is 0. The van der Waals surface area contributed by atoms with Crippen LogP contribution in [0.4, 0.5) is 0 Å². The van der Waals surface area contributed by atoms with Gasteiger partial charge in [0.15, 0.2) is 5.03 Å². The van der Waals surface area contributed by atoms with E-state index in [-0.39, 0.29) is 30.5 Å². The summed E-state index contributed by atoms with van der Waals surface area (Å²) in [6, 6.07) is 9.40. The number of nitrogens with one attached hydrogen (secondary N) is 1. The highest BCUT2D eigenvalue weighted by molar-refractivity contribution is 7.89. The van der Waals surface area contributed by atoms with Gasteiger partial charge in [-0.2, -0.15) is 4.31 Å². The third-order valence-corrected chi connectivity index (χ3v) is 4.44. The van der Waals surface area contributed by atoms with Crippen LogP contribution in [0, 0.1) is 0 Å². The number of hydrogen-bond donors (Lipinski definition) is 2. The van der Waals surface area contributed by atoms with Crippen molar-refractivity contribution >= 4 is 22.4 Å². The first-order valence-corrected chi connectivity index (χ1v) is 7.31. The van der Waals surface area contributed by atoms with Crippen LogP contribution >= 0.6 is 12.4 Å². The molecule has 0 amide bonds. The molecular formula is C12H17ClN4O2S. The number of halogens is 1. The monoisotopic (exact) mass is 316 g/mol. The van der Waals surface area contributed by atoms with Crippen molar-refractivity contribution < 1.29 is 8.42 Å². The molecule has 2 aromatic rings. The Morgan fingerprint density at radius 3 is 2.50 bits per heavy atom. The molecule has 0 saturated carbocycles. The van der Waals surface area contributed by atoms with E-state index in [0.717, 1.165) is 5.56 Å². The molecule has 110 valence electrons. The molecule has 0 aliphatic heterocycles. The predicted octanol–water partition coefficient (Wildman–Crippen LogP) is 0.981. The molecule has 0 spiro atoms. The topological polar surface area (TPSA) is 92.1 Å². The Balaban J connectivity index is 0.00000200. The van der Waals surface area contributed by atoms with Crippen LogP contribution < -0.4 is 5.73 Å². The maximum Gasteiger partial charge on any atom is 0.260 e. The van der Waals surface area contributed by atoms with Gasteiger partial charge in [-0.3, -0.25) is 0 Å². The fourth-order valence-electron chi connectivity index (χ4n) is 1.74. The molecule has 8 heteroatoms. The summed E-state index contributed by atoms with van der Waals surface area (Å²) < 4.78 is 26.1. The first-order chi connectivity index (χ1) is 9.14. The van der Waals surface area contributed by atoms with Crippen molar-refractivity contribution in [3.63, 3.8) is 0 Å². The number of benzene rings is 1. The van der Waals surface area contributed by atoms with Gasteiger partial charge in [0.05, 0.1) is 12.5 Å². The summed E-state index contributed by atoms with van der Waals surface area (Å²) in [7, 11) is -3.58. The summed E-state index contributed by atoms with van der Waals surface area (Å²) in [6.07, 6.45) is 2.64. The molecule has 0 bridgehead atoms. The second-order valence-corrected chi connectivity index (χ2v) is 5.94. The minimum Gasteiger partial charge on any atom is -0.335 e. The molecule has 1 heterocycles. The number of imidazole rings is 1. The molecule has 1 aromatic carbocycles. The lowest BCUT2D eigenvalue weighted by Crippen LogP contribution is -2.35. The van der Waals surface area contributed by atoms with Gasteiger partial charge in [-0.25, -0.2) is 13.4 Å². The molecule has 20 heavy (non-hydrogen) atoms. The minimum absolute atomic E-state index is 0. The maximum atomic E-state index is 12.4. The SMILES string of the molecule is Cl.NCCN(Cc1ccccc1)S(=O)(=O)c1cnc[nH]1. The van der Waals surface area contributed by atoms with Crippen molar-refractivity contribution in [3.8, 4) is 0 Å². The summed E-state index contributed by atoms with van der Waals surface area (Å²) in [4.78, 5) is 6.37. The van der Waals surface area contributed by atoms with E-state index in [0.29, 0.717) is 6.54 Å². The minimum atomic E-state index is -3.58. The Morgan fingerprint density at radius 1 is 1.25 bits per heavy atom. The second kappa shape index (κ2) is 7.39. The lowest BCUT2D eigenvalue weighted by atomic mass is 10.2. The van der Waals surface area contributed by atoms with Crippen LogP contribution in [0.1, 0.15) is 5.56 Å². The zero-order valence-corrected chi connectivity index (χ0v) is 12.4. The smallest absolute Gasteiger partial charge is 0.260 e. The summed E-state index contributed by atoms with van der Waals surface area (Å²) >= 11 is 0. The molecule has 1 aromatic heterocycles. The Morgan fingerprint density at radius 2 is 1.95 bits per heavy atom. The van der Waals surface area contributed by atoms with Crippen molar-refractivity contribution in [3.05, 3.63) is 48.4 Å². The van der Waals surface area contributed by atoms with Gasteiger partial charge in [-0.05, 0) is 5.56 Å². The van der Waals surface area contributed by atoms with Gasteiger partial charge >= 0.3 is 0 Å². The molecule has 0 saturated heterocycles. The number of nitrogens with zero attached hydrogens (tertiary/aromatic N) is 2. The van der Waals surface area contributed by atoms with Gasteiger partial charge in [-0.1, -0.05) is 30.3 Å². The summed E-state index contributed by atoms with van der Waals surface area (Å²) in [5, 5.41) is 0.0804. The Labute approximate surface area is 124 Å². The number of nitrogens with two attached hydrogens (primary N) is 1. The molecule has 0 unspecified atom stereocenters. The van der Waals surface area contributed by atoms with Crippen LogP contribution in [-0.4, -0.2) is 35.8 Å². The quantitative estimate of drug-likeness (QED) is 0.831. The fraction of sp³-hybridized carbons (Fsp3) is 0.250. The van der Waals surface area contributed by atoms with Crippen LogP contribution in [0.3, 0.4) is 0 Å². The molecule has 2 rings (SSSR count). The van der Waals surface area contributed by atoms with E-state index in [4.69, 9.17) is 5.73 Å². The van der Waals surface area contributed by atoms with Crippen molar-refractivity contribution in [2.75, 3.05) is 13.1 Å². The van der Waals surface area contributed by atoms with Crippen LogP contribution in [0.5, 0.6) is 0 Å². The van der Waals surface area contributed by atoms with Gasteiger partial charge < -0.3 is 10.7 Å². The van der Waals surface area contributed by atoms with E-state index in [1.807, 2.05) is 30.3 Å². The first-order valence-electron chi connectivity index (χ1n) is 5.87. The van der Waals surface area contributed by atoms with E-state index in [1.54, 1.807) is 0 Å². The van der Waals surface area contributed by atoms with Gasteiger partial charge in [0.1, 0.15) is 0 Å². The van der Waals surface area contributed by atoms with Crippen LogP contribution in [0.15, 0.2) is 47.9 Å². The molecule has 0 radical (unpaired) electrons. The standard InChI is InChI=1S/C12H16N4O2S.ClH/c13-6-7-16(9-11-4-2-1-3-5-11)19(17,18)12-8-14-10-15-12;/h1-5,8,10H,6-7,9,13H2,(H,14,15);1H. The largest absolute Gasteiger partial charge is 0.335 e. The van der Waals surface area contributed by atoms with Crippen molar-refractivity contribution in [1.29, 1.82) is 0 Å². The molecule has 0 aliphatic carbocycles. The lowest BCUT2D eigenvalue weighted by Gasteiger charge is -2.20. The predicted molar refractivity (Wildman–Crippen MR) is 78.9 cm³/mol. The highest BCUT2D eigenvalue weighted by Gasteiger charge is 2.25. The number of hydrogen-bond acceptors (Lipinski definition) is 4. The number of aromatic amines is 1. The lowest BCUT2D eigenvalue weighted by molar-refractivity contribution is 0.412.